The van der Waals surface area contributed by atoms with Gasteiger partial charge in [0.25, 0.3) is 0 Å². The van der Waals surface area contributed by atoms with Crippen molar-refractivity contribution in [3.63, 3.8) is 0 Å². The van der Waals surface area contributed by atoms with E-state index in [1.165, 1.54) is 19.2 Å². The summed E-state index contributed by atoms with van der Waals surface area (Å²) in [5, 5.41) is 3.27. The van der Waals surface area contributed by atoms with Crippen LogP contribution in [-0.2, 0) is 16.1 Å². The van der Waals surface area contributed by atoms with Gasteiger partial charge >= 0.3 is 5.97 Å². The number of Topliss-reactive ketones (excluding diaryl/α,β-unsaturated/α-hetero) is 1. The standard InChI is InChI=1S/C28H21BrFNO4/c1-15-23(28(33)34-2)24(25-26(31-15)19-8-3-4-9-20(19)27(25)32)17-10-11-22(21(29)13-17)35-14-16-6-5-7-18(30)12-16/h3-13,24,31H,14H2,1-2H3. The summed E-state index contributed by atoms with van der Waals surface area (Å²) in [6.07, 6.45) is 0. The largest absolute Gasteiger partial charge is 0.488 e. The zero-order valence-electron chi connectivity index (χ0n) is 19.0. The maximum Gasteiger partial charge on any atom is 0.336 e. The molecule has 1 heterocycles. The highest BCUT2D eigenvalue weighted by Gasteiger charge is 2.42. The van der Waals surface area contributed by atoms with E-state index in [2.05, 4.69) is 21.2 Å². The fourth-order valence-electron chi connectivity index (χ4n) is 4.64. The minimum atomic E-state index is -0.618. The van der Waals surface area contributed by atoms with Gasteiger partial charge in [-0.1, -0.05) is 42.5 Å². The SMILES string of the molecule is COC(=O)C1=C(C)NC2=C(C(=O)c3ccccc32)C1c1ccc(OCc2cccc(F)c2)c(Br)c1. The van der Waals surface area contributed by atoms with Crippen LogP contribution in [0.25, 0.3) is 5.70 Å². The van der Waals surface area contributed by atoms with Crippen LogP contribution in [0.4, 0.5) is 4.39 Å². The molecule has 0 amide bonds. The summed E-state index contributed by atoms with van der Waals surface area (Å²) in [6, 6.07) is 19.1. The predicted molar refractivity (Wildman–Crippen MR) is 133 cm³/mol. The summed E-state index contributed by atoms with van der Waals surface area (Å²) < 4.78 is 25.1. The van der Waals surface area contributed by atoms with Gasteiger partial charge in [-0.25, -0.2) is 9.18 Å². The molecule has 35 heavy (non-hydrogen) atoms. The first-order chi connectivity index (χ1) is 16.9. The lowest BCUT2D eigenvalue weighted by Gasteiger charge is -2.29. The number of hydrogen-bond donors (Lipinski definition) is 1. The molecule has 0 saturated carbocycles. The second-order valence-electron chi connectivity index (χ2n) is 8.36. The smallest absolute Gasteiger partial charge is 0.336 e. The van der Waals surface area contributed by atoms with Crippen molar-refractivity contribution < 1.29 is 23.5 Å². The van der Waals surface area contributed by atoms with Gasteiger partial charge in [-0.2, -0.15) is 0 Å². The van der Waals surface area contributed by atoms with E-state index in [1.54, 1.807) is 31.2 Å². The van der Waals surface area contributed by atoms with E-state index in [9.17, 15) is 14.0 Å². The number of methoxy groups -OCH3 is 1. The molecule has 2 aliphatic rings. The summed E-state index contributed by atoms with van der Waals surface area (Å²) in [7, 11) is 1.33. The van der Waals surface area contributed by atoms with Crippen molar-refractivity contribution in [1.29, 1.82) is 0 Å². The number of esters is 1. The Kier molecular flexibility index (Phi) is 6.03. The number of rotatable bonds is 5. The van der Waals surface area contributed by atoms with Gasteiger partial charge in [-0.05, 0) is 58.2 Å². The van der Waals surface area contributed by atoms with E-state index >= 15 is 0 Å². The number of allylic oxidation sites excluding steroid dienone is 2. The first kappa shape index (κ1) is 23.1. The number of nitrogens with one attached hydrogen (secondary N) is 1. The zero-order valence-corrected chi connectivity index (χ0v) is 20.6. The normalized spacial score (nSPS) is 16.6. The number of carbonyl (C=O) groups excluding carboxylic acids is 2. The second-order valence-corrected chi connectivity index (χ2v) is 9.21. The van der Waals surface area contributed by atoms with Gasteiger partial charge in [0.15, 0.2) is 5.78 Å². The number of ether oxygens (including phenoxy) is 2. The van der Waals surface area contributed by atoms with Crippen LogP contribution in [0.15, 0.2) is 88.0 Å². The molecule has 7 heteroatoms. The molecular weight excluding hydrogens is 513 g/mol. The van der Waals surface area contributed by atoms with Crippen LogP contribution in [0.2, 0.25) is 0 Å². The maximum atomic E-state index is 13.5. The Hall–Kier alpha value is -3.71. The third-order valence-electron chi connectivity index (χ3n) is 6.23. The van der Waals surface area contributed by atoms with Gasteiger partial charge in [0, 0.05) is 28.3 Å². The fraction of sp³-hybridized carbons (Fsp3) is 0.143. The molecule has 0 saturated heterocycles. The highest BCUT2D eigenvalue weighted by molar-refractivity contribution is 9.10. The molecule has 0 spiro atoms. The third-order valence-corrected chi connectivity index (χ3v) is 6.85. The molecule has 0 bridgehead atoms. The molecule has 5 rings (SSSR count). The fourth-order valence-corrected chi connectivity index (χ4v) is 5.16. The van der Waals surface area contributed by atoms with E-state index in [0.717, 1.165) is 11.1 Å². The summed E-state index contributed by atoms with van der Waals surface area (Å²) in [5.74, 6) is -1.01. The van der Waals surface area contributed by atoms with Crippen molar-refractivity contribution in [2.75, 3.05) is 7.11 Å². The molecule has 1 N–H and O–H groups in total. The Morgan fingerprint density at radius 1 is 1.06 bits per heavy atom. The molecule has 3 aromatic rings. The van der Waals surface area contributed by atoms with Gasteiger partial charge < -0.3 is 14.8 Å². The van der Waals surface area contributed by atoms with Gasteiger partial charge in [0.05, 0.1) is 22.9 Å². The summed E-state index contributed by atoms with van der Waals surface area (Å²) >= 11 is 3.56. The molecule has 1 atom stereocenters. The van der Waals surface area contributed by atoms with Crippen molar-refractivity contribution >= 4 is 33.4 Å². The number of carbonyl (C=O) groups is 2. The Labute approximate surface area is 210 Å². The van der Waals surface area contributed by atoms with Crippen LogP contribution in [0.1, 0.15) is 39.9 Å². The van der Waals surface area contributed by atoms with Crippen LogP contribution in [-0.4, -0.2) is 18.9 Å². The first-order valence-corrected chi connectivity index (χ1v) is 11.8. The lowest BCUT2D eigenvalue weighted by Crippen LogP contribution is -2.29. The third kappa shape index (κ3) is 4.06. The number of dihydropyridines is 1. The van der Waals surface area contributed by atoms with Gasteiger partial charge in [-0.3, -0.25) is 4.79 Å². The van der Waals surface area contributed by atoms with Gasteiger partial charge in [-0.15, -0.1) is 0 Å². The van der Waals surface area contributed by atoms with Crippen molar-refractivity contribution in [1.82, 2.24) is 5.32 Å². The average Bonchev–Trinajstić information content (AvgIpc) is 3.13. The predicted octanol–water partition coefficient (Wildman–Crippen LogP) is 5.91. The Bertz CT molecular complexity index is 1440. The minimum absolute atomic E-state index is 0.121. The highest BCUT2D eigenvalue weighted by atomic mass is 79.9. The van der Waals surface area contributed by atoms with E-state index in [4.69, 9.17) is 9.47 Å². The topological polar surface area (TPSA) is 64.6 Å². The summed E-state index contributed by atoms with van der Waals surface area (Å²) in [4.78, 5) is 26.3. The number of halogens is 2. The Morgan fingerprint density at radius 3 is 2.54 bits per heavy atom. The van der Waals surface area contributed by atoms with Crippen molar-refractivity contribution in [3.8, 4) is 5.75 Å². The van der Waals surface area contributed by atoms with Gasteiger partial charge in [0.2, 0.25) is 0 Å². The zero-order chi connectivity index (χ0) is 24.7. The van der Waals surface area contributed by atoms with Crippen molar-refractivity contribution in [3.05, 3.63) is 116 Å². The Morgan fingerprint density at radius 2 is 1.83 bits per heavy atom. The molecule has 0 radical (unpaired) electrons. The highest BCUT2D eigenvalue weighted by Crippen LogP contribution is 2.47. The van der Waals surface area contributed by atoms with Crippen molar-refractivity contribution in [2.45, 2.75) is 19.4 Å². The molecule has 1 aliphatic heterocycles. The average molecular weight is 534 g/mol. The number of benzene rings is 3. The van der Waals surface area contributed by atoms with E-state index < -0.39 is 11.9 Å². The lowest BCUT2D eigenvalue weighted by molar-refractivity contribution is -0.136. The first-order valence-electron chi connectivity index (χ1n) is 11.0. The number of fused-ring (bicyclic) bond motifs is 2. The quantitative estimate of drug-likeness (QED) is 0.413. The van der Waals surface area contributed by atoms with E-state index in [0.29, 0.717) is 43.9 Å². The van der Waals surface area contributed by atoms with Crippen molar-refractivity contribution in [2.24, 2.45) is 0 Å². The molecule has 1 unspecified atom stereocenters. The molecule has 3 aromatic carbocycles. The summed E-state index contributed by atoms with van der Waals surface area (Å²) in [6.45, 7) is 2.00. The van der Waals surface area contributed by atoms with E-state index in [1.807, 2.05) is 30.3 Å². The van der Waals surface area contributed by atoms with Gasteiger partial charge in [0.1, 0.15) is 18.2 Å². The second kappa shape index (κ2) is 9.15. The molecule has 176 valence electrons. The molecule has 1 aliphatic carbocycles. The molecule has 0 fully saturated rings. The monoisotopic (exact) mass is 533 g/mol. The van der Waals surface area contributed by atoms with E-state index in [-0.39, 0.29) is 18.2 Å². The molecule has 5 nitrogen and oxygen atoms in total. The maximum absolute atomic E-state index is 13.5. The number of hydrogen-bond acceptors (Lipinski definition) is 5. The lowest BCUT2D eigenvalue weighted by atomic mass is 9.80. The van der Waals surface area contributed by atoms with Crippen LogP contribution >= 0.6 is 15.9 Å². The molecule has 0 aromatic heterocycles. The Balaban J connectivity index is 1.54. The van der Waals surface area contributed by atoms with Crippen LogP contribution in [0.5, 0.6) is 5.75 Å². The molecular formula is C28H21BrFNO4. The van der Waals surface area contributed by atoms with Crippen LogP contribution in [0, 0.1) is 5.82 Å². The summed E-state index contributed by atoms with van der Waals surface area (Å²) in [5.41, 5.74) is 5.10. The van der Waals surface area contributed by atoms with Crippen LogP contribution in [0.3, 0.4) is 0 Å². The minimum Gasteiger partial charge on any atom is -0.488 e. The number of ketones is 1. The van der Waals surface area contributed by atoms with Crippen LogP contribution < -0.4 is 10.1 Å².